The molecule has 1 amide bonds. The number of rotatable bonds is 6. The lowest BCUT2D eigenvalue weighted by molar-refractivity contribution is -0.124. The minimum atomic E-state index is -0.597. The van der Waals surface area contributed by atoms with Crippen LogP contribution in [0.5, 0.6) is 5.75 Å². The molecule has 0 aromatic heterocycles. The number of thiocarbonyl (C=S) groups is 1. The fourth-order valence-electron chi connectivity index (χ4n) is 1.38. The maximum absolute atomic E-state index is 13.7. The Morgan fingerprint density at radius 2 is 2.10 bits per heavy atom. The van der Waals surface area contributed by atoms with Gasteiger partial charge in [0.15, 0.2) is 18.2 Å². The Balaban J connectivity index is 2.58. The second kappa shape index (κ2) is 7.19. The fraction of sp³-hybridized carbons (Fsp3) is 0.429. The molecule has 1 unspecified atom stereocenters. The van der Waals surface area contributed by atoms with Crippen LogP contribution in [0.1, 0.15) is 26.3 Å². The number of nitrogens with two attached hydrogens (primary N) is 1. The lowest BCUT2D eigenvalue weighted by atomic mass is 10.1. The molecule has 6 heteroatoms. The molecule has 0 aliphatic heterocycles. The van der Waals surface area contributed by atoms with E-state index in [-0.39, 0.29) is 29.3 Å². The molecule has 0 aliphatic rings. The number of nitrogens with one attached hydrogen (secondary N) is 1. The van der Waals surface area contributed by atoms with Gasteiger partial charge in [-0.2, -0.15) is 0 Å². The zero-order valence-electron chi connectivity index (χ0n) is 11.8. The van der Waals surface area contributed by atoms with E-state index in [0.29, 0.717) is 11.5 Å². The van der Waals surface area contributed by atoms with Gasteiger partial charge in [0.05, 0.1) is 0 Å². The van der Waals surface area contributed by atoms with E-state index in [1.807, 2.05) is 20.8 Å². The minimum absolute atomic E-state index is 0.00245. The van der Waals surface area contributed by atoms with Crippen molar-refractivity contribution in [2.75, 3.05) is 6.61 Å². The van der Waals surface area contributed by atoms with Crippen LogP contribution in [0.3, 0.4) is 0 Å². The monoisotopic (exact) mass is 298 g/mol. The Morgan fingerprint density at radius 1 is 1.45 bits per heavy atom. The van der Waals surface area contributed by atoms with Gasteiger partial charge in [-0.3, -0.25) is 4.79 Å². The van der Waals surface area contributed by atoms with Crippen LogP contribution in [-0.2, 0) is 4.79 Å². The van der Waals surface area contributed by atoms with Crippen LogP contribution in [-0.4, -0.2) is 23.5 Å². The largest absolute Gasteiger partial charge is 0.481 e. The van der Waals surface area contributed by atoms with E-state index in [1.165, 1.54) is 12.1 Å². The third kappa shape index (κ3) is 4.77. The average Bonchev–Trinajstić information content (AvgIpc) is 2.36. The SMILES string of the molecule is CC(C)C(C)NC(=O)COc1ccc(C(N)=S)cc1F. The van der Waals surface area contributed by atoms with Gasteiger partial charge in [-0.1, -0.05) is 26.1 Å². The van der Waals surface area contributed by atoms with Gasteiger partial charge in [0.25, 0.3) is 5.91 Å². The summed E-state index contributed by atoms with van der Waals surface area (Å²) >= 11 is 4.75. The van der Waals surface area contributed by atoms with Gasteiger partial charge >= 0.3 is 0 Å². The summed E-state index contributed by atoms with van der Waals surface area (Å²) in [6.45, 7) is 5.67. The van der Waals surface area contributed by atoms with Gasteiger partial charge in [-0.15, -0.1) is 0 Å². The number of carbonyl (C=O) groups is 1. The standard InChI is InChI=1S/C14H19FN2O2S/c1-8(2)9(3)17-13(18)7-19-12-5-4-10(14(16)20)6-11(12)15/h4-6,8-9H,7H2,1-3H3,(H2,16,20)(H,17,18). The zero-order chi connectivity index (χ0) is 15.3. The summed E-state index contributed by atoms with van der Waals surface area (Å²) in [4.78, 5) is 11.7. The quantitative estimate of drug-likeness (QED) is 0.789. The van der Waals surface area contributed by atoms with Crippen LogP contribution in [0.2, 0.25) is 0 Å². The third-order valence-corrected chi connectivity index (χ3v) is 3.20. The first-order valence-electron chi connectivity index (χ1n) is 6.32. The summed E-state index contributed by atoms with van der Waals surface area (Å²) in [7, 11) is 0. The molecule has 1 rings (SSSR count). The van der Waals surface area contributed by atoms with E-state index in [9.17, 15) is 9.18 Å². The van der Waals surface area contributed by atoms with E-state index in [0.717, 1.165) is 0 Å². The molecule has 1 atom stereocenters. The molecular weight excluding hydrogens is 279 g/mol. The summed E-state index contributed by atoms with van der Waals surface area (Å²) in [6.07, 6.45) is 0. The van der Waals surface area contributed by atoms with Crippen LogP contribution in [0.15, 0.2) is 18.2 Å². The normalized spacial score (nSPS) is 12.1. The molecule has 0 spiro atoms. The van der Waals surface area contributed by atoms with E-state index in [2.05, 4.69) is 5.32 Å². The molecule has 0 radical (unpaired) electrons. The van der Waals surface area contributed by atoms with Crippen LogP contribution in [0.25, 0.3) is 0 Å². The predicted octanol–water partition coefficient (Wildman–Crippen LogP) is 2.00. The van der Waals surface area contributed by atoms with E-state index in [4.69, 9.17) is 22.7 Å². The van der Waals surface area contributed by atoms with Crippen molar-refractivity contribution >= 4 is 23.1 Å². The maximum Gasteiger partial charge on any atom is 0.258 e. The van der Waals surface area contributed by atoms with Crippen molar-refractivity contribution in [1.82, 2.24) is 5.32 Å². The third-order valence-electron chi connectivity index (χ3n) is 2.96. The van der Waals surface area contributed by atoms with Crippen molar-refractivity contribution in [2.45, 2.75) is 26.8 Å². The van der Waals surface area contributed by atoms with Crippen LogP contribution in [0, 0.1) is 11.7 Å². The molecule has 0 saturated heterocycles. The number of halogens is 1. The van der Waals surface area contributed by atoms with E-state index >= 15 is 0 Å². The summed E-state index contributed by atoms with van der Waals surface area (Å²) in [5.41, 5.74) is 5.82. The van der Waals surface area contributed by atoms with Crippen LogP contribution in [0.4, 0.5) is 4.39 Å². The Hall–Kier alpha value is -1.69. The molecule has 20 heavy (non-hydrogen) atoms. The van der Waals surface area contributed by atoms with Crippen LogP contribution >= 0.6 is 12.2 Å². The van der Waals surface area contributed by atoms with Crippen molar-refractivity contribution in [3.63, 3.8) is 0 Å². The van der Waals surface area contributed by atoms with Crippen molar-refractivity contribution in [3.05, 3.63) is 29.6 Å². The summed E-state index contributed by atoms with van der Waals surface area (Å²) in [5.74, 6) is -0.568. The number of hydrogen-bond acceptors (Lipinski definition) is 3. The Labute approximate surface area is 123 Å². The number of hydrogen-bond donors (Lipinski definition) is 2. The van der Waals surface area contributed by atoms with E-state index in [1.54, 1.807) is 6.07 Å². The molecular formula is C14H19FN2O2S. The lowest BCUT2D eigenvalue weighted by Crippen LogP contribution is -2.39. The van der Waals surface area contributed by atoms with Gasteiger partial charge in [-0.05, 0) is 31.0 Å². The molecule has 1 aromatic rings. The van der Waals surface area contributed by atoms with Gasteiger partial charge in [-0.25, -0.2) is 4.39 Å². The smallest absolute Gasteiger partial charge is 0.258 e. The molecule has 0 aliphatic carbocycles. The molecule has 0 bridgehead atoms. The second-order valence-electron chi connectivity index (χ2n) is 4.90. The minimum Gasteiger partial charge on any atom is -0.481 e. The molecule has 4 nitrogen and oxygen atoms in total. The highest BCUT2D eigenvalue weighted by Crippen LogP contribution is 2.18. The van der Waals surface area contributed by atoms with Crippen LogP contribution < -0.4 is 15.8 Å². The first-order valence-corrected chi connectivity index (χ1v) is 6.73. The molecule has 110 valence electrons. The van der Waals surface area contributed by atoms with Crippen molar-refractivity contribution in [2.24, 2.45) is 11.7 Å². The highest BCUT2D eigenvalue weighted by molar-refractivity contribution is 7.80. The van der Waals surface area contributed by atoms with E-state index < -0.39 is 5.82 Å². The Morgan fingerprint density at radius 3 is 2.60 bits per heavy atom. The topological polar surface area (TPSA) is 64.3 Å². The Bertz CT molecular complexity index is 506. The van der Waals surface area contributed by atoms with Gasteiger partial charge in [0.2, 0.25) is 0 Å². The zero-order valence-corrected chi connectivity index (χ0v) is 12.6. The fourth-order valence-corrected chi connectivity index (χ4v) is 1.50. The first-order chi connectivity index (χ1) is 9.31. The number of ether oxygens (including phenoxy) is 1. The average molecular weight is 298 g/mol. The maximum atomic E-state index is 13.7. The lowest BCUT2D eigenvalue weighted by Gasteiger charge is -2.17. The Kier molecular flexibility index (Phi) is 5.88. The van der Waals surface area contributed by atoms with Gasteiger partial charge in [0, 0.05) is 11.6 Å². The number of carbonyl (C=O) groups excluding carboxylic acids is 1. The predicted molar refractivity (Wildman–Crippen MR) is 80.2 cm³/mol. The first kappa shape index (κ1) is 16.4. The number of amides is 1. The van der Waals surface area contributed by atoms with Crippen molar-refractivity contribution < 1.29 is 13.9 Å². The highest BCUT2D eigenvalue weighted by atomic mass is 32.1. The number of benzene rings is 1. The van der Waals surface area contributed by atoms with Gasteiger partial charge < -0.3 is 15.8 Å². The molecule has 0 heterocycles. The highest BCUT2D eigenvalue weighted by Gasteiger charge is 2.12. The summed E-state index contributed by atoms with van der Waals surface area (Å²) in [6, 6.07) is 4.18. The van der Waals surface area contributed by atoms with Crippen molar-refractivity contribution in [1.29, 1.82) is 0 Å². The summed E-state index contributed by atoms with van der Waals surface area (Å²) in [5, 5.41) is 2.77. The summed E-state index contributed by atoms with van der Waals surface area (Å²) < 4.78 is 18.8. The second-order valence-corrected chi connectivity index (χ2v) is 5.34. The molecule has 1 aromatic carbocycles. The van der Waals surface area contributed by atoms with Crippen molar-refractivity contribution in [3.8, 4) is 5.75 Å². The van der Waals surface area contributed by atoms with Gasteiger partial charge in [0.1, 0.15) is 4.99 Å². The molecule has 0 fully saturated rings. The molecule has 3 N–H and O–H groups in total. The molecule has 0 saturated carbocycles.